The third-order valence-electron chi connectivity index (χ3n) is 7.77. The minimum absolute atomic E-state index is 0.0974. The van der Waals surface area contributed by atoms with Gasteiger partial charge in [-0.05, 0) is 77.0 Å². The second kappa shape index (κ2) is 36.0. The van der Waals surface area contributed by atoms with Crippen LogP contribution in [0.1, 0.15) is 161 Å². The van der Waals surface area contributed by atoms with Crippen molar-refractivity contribution in [1.29, 1.82) is 0 Å². The van der Waals surface area contributed by atoms with Crippen LogP contribution in [0.4, 0.5) is 0 Å². The van der Waals surface area contributed by atoms with E-state index in [1.165, 1.54) is 0 Å². The molecule has 0 heterocycles. The summed E-state index contributed by atoms with van der Waals surface area (Å²) in [6, 6.07) is 0. The molecule has 0 saturated heterocycles. The molecule has 0 spiro atoms. The predicted molar refractivity (Wildman–Crippen MR) is 196 cm³/mol. The summed E-state index contributed by atoms with van der Waals surface area (Å²) in [5.41, 5.74) is 0. The van der Waals surface area contributed by atoms with Gasteiger partial charge in [-0.3, -0.25) is 14.4 Å². The Morgan fingerprint density at radius 1 is 0.489 bits per heavy atom. The smallest absolute Gasteiger partial charge is 0.306 e. The molecule has 1 atom stereocenters. The Hall–Kier alpha value is -2.89. The molecule has 0 bridgehead atoms. The third-order valence-corrected chi connectivity index (χ3v) is 7.77. The summed E-state index contributed by atoms with van der Waals surface area (Å²) in [4.78, 5) is 37.2. The van der Waals surface area contributed by atoms with Crippen molar-refractivity contribution >= 4 is 17.9 Å². The summed E-state index contributed by atoms with van der Waals surface area (Å²) in [6.45, 7) is 9.43. The molecule has 0 saturated carbocycles. The third kappa shape index (κ3) is 34.3. The van der Waals surface area contributed by atoms with Crippen molar-refractivity contribution in [1.82, 2.24) is 0 Å². The highest BCUT2D eigenvalue weighted by atomic mass is 16.6. The van der Waals surface area contributed by atoms with E-state index in [1.54, 1.807) is 0 Å². The van der Waals surface area contributed by atoms with Crippen molar-refractivity contribution in [3.8, 4) is 0 Å². The van der Waals surface area contributed by atoms with E-state index in [2.05, 4.69) is 56.5 Å². The van der Waals surface area contributed by atoms with E-state index in [4.69, 9.17) is 14.2 Å². The number of allylic oxidation sites excluding steroid dienone is 8. The molecule has 0 aromatic carbocycles. The minimum Gasteiger partial charge on any atom is -0.462 e. The monoisotopic (exact) mass is 657 g/mol. The molecule has 47 heavy (non-hydrogen) atoms. The molecule has 0 rings (SSSR count). The number of carbonyl (C=O) groups excluding carboxylic acids is 3. The van der Waals surface area contributed by atoms with E-state index < -0.39 is 6.10 Å². The molecule has 0 aliphatic rings. The van der Waals surface area contributed by atoms with Gasteiger partial charge in [0.2, 0.25) is 0 Å². The second-order valence-electron chi connectivity index (χ2n) is 12.3. The maximum Gasteiger partial charge on any atom is 0.306 e. The van der Waals surface area contributed by atoms with Gasteiger partial charge in [0.25, 0.3) is 0 Å². The molecule has 1 unspecified atom stereocenters. The van der Waals surface area contributed by atoms with Gasteiger partial charge in [0.1, 0.15) is 13.2 Å². The van der Waals surface area contributed by atoms with Gasteiger partial charge in [0, 0.05) is 19.3 Å². The van der Waals surface area contributed by atoms with Gasteiger partial charge in [0.05, 0.1) is 0 Å². The van der Waals surface area contributed by atoms with Crippen LogP contribution in [-0.4, -0.2) is 37.2 Å². The predicted octanol–water partition coefficient (Wildman–Crippen LogP) is 11.4. The summed E-state index contributed by atoms with van der Waals surface area (Å²) in [5, 5.41) is 0. The van der Waals surface area contributed by atoms with E-state index in [9.17, 15) is 14.4 Å². The van der Waals surface area contributed by atoms with Crippen LogP contribution >= 0.6 is 0 Å². The van der Waals surface area contributed by atoms with E-state index in [1.807, 2.05) is 12.2 Å². The number of hydrogen-bond acceptors (Lipinski definition) is 6. The van der Waals surface area contributed by atoms with Crippen LogP contribution in [0.15, 0.2) is 61.8 Å². The lowest BCUT2D eigenvalue weighted by Gasteiger charge is -2.18. The molecular weight excluding hydrogens is 588 g/mol. The largest absolute Gasteiger partial charge is 0.462 e. The lowest BCUT2D eigenvalue weighted by Crippen LogP contribution is -2.30. The number of rotatable bonds is 34. The van der Waals surface area contributed by atoms with E-state index in [0.717, 1.165) is 135 Å². The Morgan fingerprint density at radius 2 is 0.872 bits per heavy atom. The molecule has 268 valence electrons. The molecule has 0 radical (unpaired) electrons. The molecule has 0 aliphatic heterocycles. The first-order valence-corrected chi connectivity index (χ1v) is 18.7. The number of ether oxygens (including phenoxy) is 3. The lowest BCUT2D eigenvalue weighted by atomic mass is 10.1. The number of carbonyl (C=O) groups is 3. The van der Waals surface area contributed by atoms with Crippen LogP contribution < -0.4 is 0 Å². The Balaban J connectivity index is 4.31. The Labute approximate surface area is 288 Å². The Kier molecular flexibility index (Phi) is 33.7. The van der Waals surface area contributed by atoms with Crippen LogP contribution in [0.2, 0.25) is 0 Å². The summed E-state index contributed by atoms with van der Waals surface area (Å²) in [7, 11) is 0. The number of hydrogen-bond donors (Lipinski definition) is 0. The first-order chi connectivity index (χ1) is 23.0. The molecule has 0 N–H and O–H groups in total. The van der Waals surface area contributed by atoms with Crippen molar-refractivity contribution in [3.05, 3.63) is 61.8 Å². The van der Waals surface area contributed by atoms with Crippen LogP contribution in [-0.2, 0) is 28.6 Å². The summed E-state index contributed by atoms with van der Waals surface area (Å²) in [5.74, 6) is -0.973. The summed E-state index contributed by atoms with van der Waals surface area (Å²) >= 11 is 0. The first-order valence-electron chi connectivity index (χ1n) is 18.7. The maximum absolute atomic E-state index is 12.5. The lowest BCUT2D eigenvalue weighted by molar-refractivity contribution is -0.167. The zero-order valence-electron chi connectivity index (χ0n) is 29.9. The average Bonchev–Trinajstić information content (AvgIpc) is 3.06. The fourth-order valence-electron chi connectivity index (χ4n) is 4.94. The fraction of sp³-hybridized carbons (Fsp3) is 0.683. The normalized spacial score (nSPS) is 12.1. The van der Waals surface area contributed by atoms with Gasteiger partial charge in [0.15, 0.2) is 6.10 Å². The van der Waals surface area contributed by atoms with Gasteiger partial charge in [-0.1, -0.05) is 113 Å². The first kappa shape index (κ1) is 44.1. The highest BCUT2D eigenvalue weighted by Gasteiger charge is 2.19. The molecule has 0 aliphatic carbocycles. The summed E-state index contributed by atoms with van der Waals surface area (Å²) in [6.07, 6.45) is 38.8. The zero-order chi connectivity index (χ0) is 34.5. The second-order valence-corrected chi connectivity index (χ2v) is 12.3. The molecule has 0 aromatic rings. The highest BCUT2D eigenvalue weighted by Crippen LogP contribution is 2.12. The summed E-state index contributed by atoms with van der Waals surface area (Å²) < 4.78 is 16.4. The Morgan fingerprint density at radius 3 is 1.34 bits per heavy atom. The van der Waals surface area contributed by atoms with Gasteiger partial charge in [-0.25, -0.2) is 0 Å². The van der Waals surface area contributed by atoms with Crippen molar-refractivity contribution in [3.63, 3.8) is 0 Å². The van der Waals surface area contributed by atoms with Gasteiger partial charge in [-0.2, -0.15) is 0 Å². The van der Waals surface area contributed by atoms with Crippen LogP contribution in [0.3, 0.4) is 0 Å². The molecule has 0 aromatic heterocycles. The minimum atomic E-state index is -0.789. The Bertz CT molecular complexity index is 871. The zero-order valence-corrected chi connectivity index (χ0v) is 29.9. The van der Waals surface area contributed by atoms with E-state index >= 15 is 0 Å². The van der Waals surface area contributed by atoms with E-state index in [0.29, 0.717) is 19.3 Å². The van der Waals surface area contributed by atoms with Crippen molar-refractivity contribution in [2.24, 2.45) is 0 Å². The van der Waals surface area contributed by atoms with Crippen molar-refractivity contribution in [2.45, 2.75) is 167 Å². The van der Waals surface area contributed by atoms with Crippen molar-refractivity contribution < 1.29 is 28.6 Å². The molecule has 0 fully saturated rings. The average molecular weight is 657 g/mol. The number of esters is 3. The van der Waals surface area contributed by atoms with Gasteiger partial charge < -0.3 is 14.2 Å². The maximum atomic E-state index is 12.5. The standard InChI is InChI=1S/C41H68O6/c1-4-7-10-13-16-17-18-19-20-21-22-23-26-28-31-34-40(43)46-37-38(47-41(44)35-32-29-25-15-12-9-6-3)36-45-39(42)33-30-27-24-14-11-8-5-2/h5-7,10,16-17,19-20,38H,2-4,8-9,11-15,18,21-37H2,1H3. The number of unbranched alkanes of at least 4 members (excludes halogenated alkanes) is 15. The quantitative estimate of drug-likeness (QED) is 0.0297. The van der Waals surface area contributed by atoms with Crippen molar-refractivity contribution in [2.75, 3.05) is 13.2 Å². The van der Waals surface area contributed by atoms with Crippen LogP contribution in [0.25, 0.3) is 0 Å². The van der Waals surface area contributed by atoms with Gasteiger partial charge in [-0.15, -0.1) is 13.2 Å². The van der Waals surface area contributed by atoms with Crippen LogP contribution in [0.5, 0.6) is 0 Å². The topological polar surface area (TPSA) is 78.9 Å². The highest BCUT2D eigenvalue weighted by molar-refractivity contribution is 5.71. The fourth-order valence-corrected chi connectivity index (χ4v) is 4.94. The molecule has 0 amide bonds. The van der Waals surface area contributed by atoms with Crippen LogP contribution in [0, 0.1) is 0 Å². The molecular formula is C41H68O6. The van der Waals surface area contributed by atoms with Gasteiger partial charge >= 0.3 is 17.9 Å². The molecule has 6 heteroatoms. The SMILES string of the molecule is C=CCCCCCCCC(=O)OCC(COC(=O)CCCCCCCC=CCC=CCC=CCC)OC(=O)CCCCCCCC=C. The van der Waals surface area contributed by atoms with E-state index in [-0.39, 0.29) is 31.1 Å². The molecule has 6 nitrogen and oxygen atoms in total.